The van der Waals surface area contributed by atoms with Crippen LogP contribution in [0.25, 0.3) is 32.6 Å². The van der Waals surface area contributed by atoms with E-state index in [1.807, 2.05) is 73.7 Å². The van der Waals surface area contributed by atoms with Crippen LogP contribution in [0, 0.1) is 17.8 Å². The molecule has 0 N–H and O–H groups in total. The molecule has 0 fully saturated rings. The molecule has 0 amide bonds. The number of hydrogen-bond donors (Lipinski definition) is 0. The van der Waals surface area contributed by atoms with Crippen LogP contribution in [0.2, 0.25) is 0 Å². The van der Waals surface area contributed by atoms with Crippen molar-refractivity contribution in [3.8, 4) is 0 Å². The number of nitrogens with zero attached hydrogens (tertiary/aromatic N) is 4. The number of hydrogen-bond acceptors (Lipinski definition) is 11. The highest BCUT2D eigenvalue weighted by Crippen LogP contribution is 2.40. The predicted molar refractivity (Wildman–Crippen MR) is 320 cm³/mol. The van der Waals surface area contributed by atoms with E-state index >= 15 is 0 Å². The minimum atomic E-state index is -0.448. The molecule has 1 atom stereocenters. The molecule has 0 saturated heterocycles. The first-order chi connectivity index (χ1) is 37.7. The van der Waals surface area contributed by atoms with Crippen molar-refractivity contribution in [3.63, 3.8) is 0 Å². The van der Waals surface area contributed by atoms with Gasteiger partial charge in [0.2, 0.25) is 0 Å². The van der Waals surface area contributed by atoms with Crippen LogP contribution in [-0.2, 0) is 30.6 Å². The molecule has 7 aromatic carbocycles. The highest BCUT2D eigenvalue weighted by atomic mass is 32.2. The van der Waals surface area contributed by atoms with Crippen molar-refractivity contribution < 1.29 is 28.9 Å². The molecule has 8 aromatic rings. The Hall–Kier alpha value is -7.28. The second kappa shape index (κ2) is 26.9. The average Bonchev–Trinajstić information content (AvgIpc) is 3.88. The van der Waals surface area contributed by atoms with Gasteiger partial charge in [0.15, 0.2) is 5.78 Å². The maximum Gasteiger partial charge on any atom is 0.331 e. The first-order valence-electron chi connectivity index (χ1n) is 27.2. The van der Waals surface area contributed by atoms with Crippen molar-refractivity contribution in [3.05, 3.63) is 179 Å². The summed E-state index contributed by atoms with van der Waals surface area (Å²) in [5, 5.41) is 17.1. The molecular weight excluding hydrogens is 1010 g/mol. The molecule has 0 radical (unpaired) electrons. The van der Waals surface area contributed by atoms with Gasteiger partial charge in [-0.15, -0.1) is 0 Å². The molecule has 1 aromatic heterocycles. The van der Waals surface area contributed by atoms with Gasteiger partial charge in [0.25, 0.3) is 0 Å². The van der Waals surface area contributed by atoms with Crippen LogP contribution in [0.15, 0.2) is 181 Å². The zero-order valence-electron chi connectivity index (χ0n) is 46.3. The van der Waals surface area contributed by atoms with Crippen LogP contribution < -0.4 is 0 Å². The van der Waals surface area contributed by atoms with Gasteiger partial charge in [-0.25, -0.2) is 9.59 Å². The maximum atomic E-state index is 15.0. The number of ketones is 1. The Morgan fingerprint density at radius 1 is 0.538 bits per heavy atom. The van der Waals surface area contributed by atoms with Crippen molar-refractivity contribution in [2.75, 3.05) is 6.61 Å². The Kier molecular flexibility index (Phi) is 19.6. The SMILES string of the molecule is CCCCC(CC)Cn1c2ccc(/C(=N/OCC)c3ccc(Sc4ccc(/C(CC(C)C)=N/OC(C)=O)cc4)cc3)cc2c2cc(C(=O)c3ccc(Sc4ccc(/C(CC(C)C)=N/OC(C)=O)cc4)cc3)c3ccccc3c21. The summed E-state index contributed by atoms with van der Waals surface area (Å²) in [5.41, 5.74) is 9.34. The lowest BCUT2D eigenvalue weighted by atomic mass is 9.94. The molecule has 1 unspecified atom stereocenters. The Balaban J connectivity index is 1.13. The van der Waals surface area contributed by atoms with E-state index in [4.69, 9.17) is 19.7 Å². The van der Waals surface area contributed by atoms with E-state index in [0.29, 0.717) is 48.3 Å². The van der Waals surface area contributed by atoms with E-state index in [1.165, 1.54) is 20.3 Å². The summed E-state index contributed by atoms with van der Waals surface area (Å²) in [6.45, 7) is 18.9. The summed E-state index contributed by atoms with van der Waals surface area (Å²) < 4.78 is 2.50. The second-order valence-electron chi connectivity index (χ2n) is 20.6. The van der Waals surface area contributed by atoms with E-state index in [0.717, 1.165) is 117 Å². The molecule has 402 valence electrons. The Bertz CT molecular complexity index is 3490. The third-order valence-corrected chi connectivity index (χ3v) is 15.5. The molecule has 1 heterocycles. The fraction of sp³-hybridized carbons (Fsp3) is 0.303. The number of benzene rings is 7. The molecule has 0 bridgehead atoms. The van der Waals surface area contributed by atoms with E-state index in [9.17, 15) is 14.4 Å². The lowest BCUT2D eigenvalue weighted by molar-refractivity contribution is -0.141. The lowest BCUT2D eigenvalue weighted by Gasteiger charge is -2.18. The molecule has 78 heavy (non-hydrogen) atoms. The largest absolute Gasteiger partial charge is 0.396 e. The molecule has 0 aliphatic carbocycles. The minimum Gasteiger partial charge on any atom is -0.396 e. The summed E-state index contributed by atoms with van der Waals surface area (Å²) in [6, 6.07) is 49.6. The number of fused-ring (bicyclic) bond motifs is 5. The molecule has 12 heteroatoms. The van der Waals surface area contributed by atoms with Crippen LogP contribution in [0.3, 0.4) is 0 Å². The summed E-state index contributed by atoms with van der Waals surface area (Å²) in [5.74, 6) is 0.230. The van der Waals surface area contributed by atoms with E-state index < -0.39 is 11.9 Å². The Labute approximate surface area is 467 Å². The van der Waals surface area contributed by atoms with E-state index in [1.54, 1.807) is 23.5 Å². The monoisotopic (exact) mass is 1080 g/mol. The van der Waals surface area contributed by atoms with Crippen LogP contribution in [-0.4, -0.2) is 46.0 Å². The number of oxime groups is 3. The number of carbonyl (C=O) groups excluding carboxylic acids is 3. The molecular formula is C66H70N4O6S2. The predicted octanol–water partition coefficient (Wildman–Crippen LogP) is 17.1. The molecule has 0 saturated carbocycles. The van der Waals surface area contributed by atoms with Crippen LogP contribution in [0.1, 0.15) is 139 Å². The van der Waals surface area contributed by atoms with Crippen molar-refractivity contribution in [1.29, 1.82) is 0 Å². The summed E-state index contributed by atoms with van der Waals surface area (Å²) in [7, 11) is 0. The minimum absolute atomic E-state index is 0.0401. The fourth-order valence-corrected chi connectivity index (χ4v) is 11.3. The van der Waals surface area contributed by atoms with E-state index in [-0.39, 0.29) is 5.78 Å². The zero-order chi connectivity index (χ0) is 55.3. The maximum absolute atomic E-state index is 15.0. The summed E-state index contributed by atoms with van der Waals surface area (Å²) in [4.78, 5) is 58.0. The van der Waals surface area contributed by atoms with Crippen molar-refractivity contribution in [1.82, 2.24) is 4.57 Å². The Morgan fingerprint density at radius 2 is 1.03 bits per heavy atom. The van der Waals surface area contributed by atoms with Gasteiger partial charge in [0, 0.05) is 83.9 Å². The van der Waals surface area contributed by atoms with E-state index in [2.05, 4.69) is 135 Å². The van der Waals surface area contributed by atoms with Gasteiger partial charge in [0.05, 0.1) is 16.9 Å². The van der Waals surface area contributed by atoms with Gasteiger partial charge in [-0.3, -0.25) is 4.79 Å². The number of rotatable bonds is 24. The first-order valence-corrected chi connectivity index (χ1v) is 28.8. The van der Waals surface area contributed by atoms with Crippen molar-refractivity contribution in [2.45, 2.75) is 127 Å². The lowest BCUT2D eigenvalue weighted by Crippen LogP contribution is -2.11. The van der Waals surface area contributed by atoms with Gasteiger partial charge in [-0.05, 0) is 139 Å². The number of unbranched alkanes of at least 4 members (excludes halogenated alkanes) is 1. The average molecular weight is 1080 g/mol. The fourth-order valence-electron chi connectivity index (χ4n) is 9.71. The number of carbonyl (C=O) groups is 3. The highest BCUT2D eigenvalue weighted by Gasteiger charge is 2.23. The molecule has 8 rings (SSSR count). The second-order valence-corrected chi connectivity index (χ2v) is 22.8. The standard InChI is InChI=1S/C66H70N4O6S2/c1-10-13-16-46(11-2)41-70-63-36-27-51(64(69-74-12-3)49-23-32-54(33-24-49)77-52-28-19-47(20-29-52)61(37-42(4)5)67-75-44(8)71)39-58(63)59-40-60(56-17-14-15-18-57(56)65(59)70)66(73)50-25-34-55(35-26-50)78-53-30-21-48(22-31-53)62(38-43(6)7)68-76-45(9)72/h14-15,17-36,39-40,42-43,46H,10-13,16,37-38,41H2,1-9H3/b67-61+,68-62+,69-64+. The van der Waals surface area contributed by atoms with Gasteiger partial charge < -0.3 is 19.1 Å². The quantitative estimate of drug-likeness (QED) is 0.0254. The molecule has 10 nitrogen and oxygen atoms in total. The van der Waals surface area contributed by atoms with Gasteiger partial charge >= 0.3 is 11.9 Å². The molecule has 0 aliphatic rings. The smallest absolute Gasteiger partial charge is 0.331 e. The first kappa shape index (κ1) is 56.9. The van der Waals surface area contributed by atoms with Gasteiger partial charge in [-0.1, -0.05) is 167 Å². The normalized spacial score (nSPS) is 12.7. The van der Waals surface area contributed by atoms with Gasteiger partial charge in [-0.2, -0.15) is 0 Å². The molecule has 0 aliphatic heterocycles. The van der Waals surface area contributed by atoms with Gasteiger partial charge in [0.1, 0.15) is 12.3 Å². The Morgan fingerprint density at radius 3 is 1.50 bits per heavy atom. The van der Waals surface area contributed by atoms with Crippen LogP contribution in [0.5, 0.6) is 0 Å². The third-order valence-electron chi connectivity index (χ3n) is 13.5. The number of aromatic nitrogens is 1. The third kappa shape index (κ3) is 14.2. The zero-order valence-corrected chi connectivity index (χ0v) is 47.9. The van der Waals surface area contributed by atoms with Crippen molar-refractivity contribution >= 4 is 91.0 Å². The van der Waals surface area contributed by atoms with Crippen LogP contribution in [0.4, 0.5) is 0 Å². The topological polar surface area (TPSA) is 121 Å². The summed E-state index contributed by atoms with van der Waals surface area (Å²) in [6.07, 6.45) is 5.89. The van der Waals surface area contributed by atoms with Crippen molar-refractivity contribution in [2.24, 2.45) is 33.2 Å². The molecule has 0 spiro atoms. The summed E-state index contributed by atoms with van der Waals surface area (Å²) >= 11 is 3.27. The highest BCUT2D eigenvalue weighted by molar-refractivity contribution is 7.99. The van der Waals surface area contributed by atoms with Crippen LogP contribution >= 0.6 is 23.5 Å².